The maximum atomic E-state index is 12.0. The van der Waals surface area contributed by atoms with Crippen LogP contribution >= 0.6 is 0 Å². The highest BCUT2D eigenvalue weighted by Crippen LogP contribution is 2.20. The average Bonchev–Trinajstić information content (AvgIpc) is 2.46. The van der Waals surface area contributed by atoms with E-state index >= 15 is 0 Å². The number of aliphatic hydroxyl groups is 1. The van der Waals surface area contributed by atoms with Crippen molar-refractivity contribution >= 4 is 5.91 Å². The predicted octanol–water partition coefficient (Wildman–Crippen LogP) is -0.0989. The zero-order chi connectivity index (χ0) is 13.7. The molecular formula is C14H27N3O2. The van der Waals surface area contributed by atoms with Crippen molar-refractivity contribution in [1.82, 2.24) is 15.1 Å². The van der Waals surface area contributed by atoms with Crippen molar-refractivity contribution in [1.29, 1.82) is 0 Å². The number of hydrogen-bond donors (Lipinski definition) is 2. The van der Waals surface area contributed by atoms with Gasteiger partial charge in [0.2, 0.25) is 5.91 Å². The summed E-state index contributed by atoms with van der Waals surface area (Å²) in [5, 5.41) is 12.8. The molecule has 2 fully saturated rings. The smallest absolute Gasteiger partial charge is 0.223 e. The Kier molecular flexibility index (Phi) is 5.60. The fraction of sp³-hybridized carbons (Fsp3) is 0.929. The Morgan fingerprint density at radius 3 is 2.47 bits per heavy atom. The molecule has 1 unspecified atom stereocenters. The molecule has 110 valence electrons. The van der Waals surface area contributed by atoms with Gasteiger partial charge in [0.15, 0.2) is 0 Å². The Bertz CT molecular complexity index is 282. The quantitative estimate of drug-likeness (QED) is 0.748. The van der Waals surface area contributed by atoms with Crippen LogP contribution in [0.1, 0.15) is 26.2 Å². The topological polar surface area (TPSA) is 55.8 Å². The van der Waals surface area contributed by atoms with Gasteiger partial charge in [-0.1, -0.05) is 0 Å². The van der Waals surface area contributed by atoms with E-state index in [-0.39, 0.29) is 6.10 Å². The van der Waals surface area contributed by atoms with E-state index in [0.29, 0.717) is 18.2 Å². The van der Waals surface area contributed by atoms with Crippen LogP contribution in [0.3, 0.4) is 0 Å². The van der Waals surface area contributed by atoms with Gasteiger partial charge in [-0.2, -0.15) is 0 Å². The standard InChI is InChI=1S/C14H27N3O2/c1-12(18)13-2-7-16(8-3-13)9-4-14(19)17-10-5-15-6-11-17/h12-13,15,18H,2-11H2,1H3. The summed E-state index contributed by atoms with van der Waals surface area (Å²) >= 11 is 0. The number of piperidine rings is 1. The van der Waals surface area contributed by atoms with Crippen LogP contribution in [-0.4, -0.2) is 72.7 Å². The van der Waals surface area contributed by atoms with Gasteiger partial charge in [0.05, 0.1) is 6.10 Å². The number of likely N-dealkylation sites (tertiary alicyclic amines) is 1. The molecule has 0 radical (unpaired) electrons. The number of rotatable bonds is 4. The number of aliphatic hydroxyl groups excluding tert-OH is 1. The zero-order valence-corrected chi connectivity index (χ0v) is 12.0. The summed E-state index contributed by atoms with van der Waals surface area (Å²) in [7, 11) is 0. The summed E-state index contributed by atoms with van der Waals surface area (Å²) in [6, 6.07) is 0. The first kappa shape index (κ1) is 14.8. The molecule has 5 heteroatoms. The fourth-order valence-electron chi connectivity index (χ4n) is 2.99. The third kappa shape index (κ3) is 4.44. The van der Waals surface area contributed by atoms with Crippen LogP contribution in [0.4, 0.5) is 0 Å². The first-order valence-electron chi connectivity index (χ1n) is 7.55. The van der Waals surface area contributed by atoms with E-state index in [2.05, 4.69) is 10.2 Å². The molecule has 2 rings (SSSR count). The minimum Gasteiger partial charge on any atom is -0.393 e. The molecule has 0 bridgehead atoms. The monoisotopic (exact) mass is 269 g/mol. The van der Waals surface area contributed by atoms with Crippen molar-refractivity contribution in [2.75, 3.05) is 45.8 Å². The second kappa shape index (κ2) is 7.22. The molecule has 0 aromatic heterocycles. The summed E-state index contributed by atoms with van der Waals surface area (Å²) in [4.78, 5) is 16.4. The SMILES string of the molecule is CC(O)C1CCN(CCC(=O)N2CCNCC2)CC1. The molecule has 1 atom stereocenters. The molecule has 2 saturated heterocycles. The molecule has 2 heterocycles. The van der Waals surface area contributed by atoms with E-state index in [1.165, 1.54) is 0 Å². The second-order valence-electron chi connectivity index (χ2n) is 5.80. The Morgan fingerprint density at radius 2 is 1.89 bits per heavy atom. The van der Waals surface area contributed by atoms with Crippen LogP contribution in [0.5, 0.6) is 0 Å². The highest BCUT2D eigenvalue weighted by Gasteiger charge is 2.23. The molecule has 2 aliphatic rings. The van der Waals surface area contributed by atoms with Crippen molar-refractivity contribution in [3.05, 3.63) is 0 Å². The first-order valence-corrected chi connectivity index (χ1v) is 7.55. The van der Waals surface area contributed by atoms with Crippen molar-refractivity contribution in [3.63, 3.8) is 0 Å². The molecule has 0 spiro atoms. The van der Waals surface area contributed by atoms with E-state index in [0.717, 1.165) is 58.7 Å². The normalized spacial score (nSPS) is 24.4. The van der Waals surface area contributed by atoms with Crippen LogP contribution in [0.2, 0.25) is 0 Å². The van der Waals surface area contributed by atoms with Crippen LogP contribution in [0.25, 0.3) is 0 Å². The highest BCUT2D eigenvalue weighted by molar-refractivity contribution is 5.76. The van der Waals surface area contributed by atoms with E-state index < -0.39 is 0 Å². The Hall–Kier alpha value is -0.650. The highest BCUT2D eigenvalue weighted by atomic mass is 16.3. The minimum absolute atomic E-state index is 0.190. The number of hydrogen-bond acceptors (Lipinski definition) is 4. The number of amides is 1. The van der Waals surface area contributed by atoms with E-state index in [9.17, 15) is 9.90 Å². The lowest BCUT2D eigenvalue weighted by Gasteiger charge is -2.34. The molecule has 1 amide bonds. The third-order valence-corrected chi connectivity index (χ3v) is 4.43. The average molecular weight is 269 g/mol. The van der Waals surface area contributed by atoms with E-state index in [1.54, 1.807) is 0 Å². The van der Waals surface area contributed by atoms with E-state index in [1.807, 2.05) is 11.8 Å². The van der Waals surface area contributed by atoms with Crippen LogP contribution < -0.4 is 5.32 Å². The zero-order valence-electron chi connectivity index (χ0n) is 12.0. The van der Waals surface area contributed by atoms with Crippen molar-refractivity contribution in [2.24, 2.45) is 5.92 Å². The summed E-state index contributed by atoms with van der Waals surface area (Å²) in [6.45, 7) is 8.33. The van der Waals surface area contributed by atoms with Gasteiger partial charge in [-0.3, -0.25) is 4.79 Å². The Morgan fingerprint density at radius 1 is 1.26 bits per heavy atom. The van der Waals surface area contributed by atoms with Gasteiger partial charge in [-0.25, -0.2) is 0 Å². The molecule has 19 heavy (non-hydrogen) atoms. The molecule has 5 nitrogen and oxygen atoms in total. The summed E-state index contributed by atoms with van der Waals surface area (Å²) in [5.74, 6) is 0.735. The summed E-state index contributed by atoms with van der Waals surface area (Å²) in [6.07, 6.45) is 2.56. The number of nitrogens with zero attached hydrogens (tertiary/aromatic N) is 2. The molecular weight excluding hydrogens is 242 g/mol. The molecule has 2 aliphatic heterocycles. The van der Waals surface area contributed by atoms with Crippen LogP contribution in [0, 0.1) is 5.92 Å². The Labute approximate surface area is 115 Å². The van der Waals surface area contributed by atoms with Gasteiger partial charge in [-0.05, 0) is 38.8 Å². The number of piperazine rings is 1. The van der Waals surface area contributed by atoms with E-state index in [4.69, 9.17) is 0 Å². The predicted molar refractivity (Wildman–Crippen MR) is 74.9 cm³/mol. The van der Waals surface area contributed by atoms with Crippen LogP contribution in [0.15, 0.2) is 0 Å². The minimum atomic E-state index is -0.190. The summed E-state index contributed by atoms with van der Waals surface area (Å²) in [5.41, 5.74) is 0. The van der Waals surface area contributed by atoms with Gasteiger partial charge in [0.1, 0.15) is 0 Å². The molecule has 0 aliphatic carbocycles. The maximum absolute atomic E-state index is 12.0. The number of carbonyl (C=O) groups excluding carboxylic acids is 1. The number of carbonyl (C=O) groups is 1. The number of nitrogens with one attached hydrogen (secondary N) is 1. The van der Waals surface area contributed by atoms with Gasteiger partial charge >= 0.3 is 0 Å². The fourth-order valence-corrected chi connectivity index (χ4v) is 2.99. The maximum Gasteiger partial charge on any atom is 0.223 e. The second-order valence-corrected chi connectivity index (χ2v) is 5.80. The van der Waals surface area contributed by atoms with Crippen molar-refractivity contribution in [3.8, 4) is 0 Å². The van der Waals surface area contributed by atoms with Crippen molar-refractivity contribution in [2.45, 2.75) is 32.3 Å². The Balaban J connectivity index is 1.64. The van der Waals surface area contributed by atoms with Gasteiger partial charge in [0.25, 0.3) is 0 Å². The lowest BCUT2D eigenvalue weighted by molar-refractivity contribution is -0.132. The largest absolute Gasteiger partial charge is 0.393 e. The molecule has 0 aromatic carbocycles. The molecule has 0 saturated carbocycles. The summed E-state index contributed by atoms with van der Waals surface area (Å²) < 4.78 is 0. The van der Waals surface area contributed by atoms with Gasteiger partial charge in [-0.15, -0.1) is 0 Å². The third-order valence-electron chi connectivity index (χ3n) is 4.43. The molecule has 0 aromatic rings. The van der Waals surface area contributed by atoms with Crippen LogP contribution in [-0.2, 0) is 4.79 Å². The van der Waals surface area contributed by atoms with Crippen molar-refractivity contribution < 1.29 is 9.90 Å². The van der Waals surface area contributed by atoms with Gasteiger partial charge < -0.3 is 20.2 Å². The lowest BCUT2D eigenvalue weighted by Crippen LogP contribution is -2.47. The lowest BCUT2D eigenvalue weighted by atomic mass is 9.92. The first-order chi connectivity index (χ1) is 9.16. The molecule has 2 N–H and O–H groups in total. The van der Waals surface area contributed by atoms with Gasteiger partial charge in [0, 0.05) is 39.1 Å².